The van der Waals surface area contributed by atoms with E-state index in [1.165, 1.54) is 19.3 Å². The predicted molar refractivity (Wildman–Crippen MR) is 43.1 cm³/mol. The van der Waals surface area contributed by atoms with Crippen molar-refractivity contribution in [3.05, 3.63) is 0 Å². The first-order valence-corrected chi connectivity index (χ1v) is 3.76. The fourth-order valence-corrected chi connectivity index (χ4v) is 0.279. The Kier molecular flexibility index (Phi) is 20.3. The molecule has 0 aromatic carbocycles. The maximum atomic E-state index is 4.96. The number of hydrogen-bond donors (Lipinski definition) is 2. The van der Waals surface area contributed by atoms with Gasteiger partial charge in [0.25, 0.3) is 0 Å². The summed E-state index contributed by atoms with van der Waals surface area (Å²) in [5.41, 5.74) is 2.57. The van der Waals surface area contributed by atoms with Gasteiger partial charge in [0.15, 0.2) is 0 Å². The number of rotatable bonds is 3. The molecule has 0 bridgehead atoms. The van der Waals surface area contributed by atoms with Crippen molar-refractivity contribution in [1.82, 2.24) is 5.43 Å². The highest BCUT2D eigenvalue weighted by Gasteiger charge is 1.73. The predicted octanol–water partition coefficient (Wildman–Crippen LogP) is 1.67. The normalized spacial score (nSPS) is 8.00. The van der Waals surface area contributed by atoms with Crippen molar-refractivity contribution >= 4 is 0 Å². The lowest BCUT2D eigenvalue weighted by Gasteiger charge is -1.89. The van der Waals surface area contributed by atoms with Gasteiger partial charge in [-0.15, -0.1) is 0 Å². The summed E-state index contributed by atoms with van der Waals surface area (Å²) in [5.74, 6) is 4.96. The molecule has 0 rings (SSSR count). The van der Waals surface area contributed by atoms with Crippen LogP contribution in [0.4, 0.5) is 0 Å². The monoisotopic (exact) mass is 132 g/mol. The largest absolute Gasteiger partial charge is 0.271 e. The molecule has 0 aliphatic carbocycles. The minimum atomic E-state index is 0.941. The Hall–Kier alpha value is -0.0800. The topological polar surface area (TPSA) is 38.0 Å². The Bertz CT molecular complexity index is 26.1. The van der Waals surface area contributed by atoms with Gasteiger partial charge in [-0.2, -0.15) is 0 Å². The zero-order valence-electron chi connectivity index (χ0n) is 6.91. The van der Waals surface area contributed by atoms with Crippen molar-refractivity contribution in [2.24, 2.45) is 5.84 Å². The molecular formula is C7H20N2. The summed E-state index contributed by atoms with van der Waals surface area (Å²) in [5, 5.41) is 0. The fourth-order valence-electron chi connectivity index (χ4n) is 0.279. The first-order chi connectivity index (χ1) is 4.33. The molecule has 0 spiro atoms. The Morgan fingerprint density at radius 3 is 1.78 bits per heavy atom. The molecule has 0 saturated carbocycles. The minimum Gasteiger partial charge on any atom is -0.271 e. The highest BCUT2D eigenvalue weighted by Crippen LogP contribution is 1.78. The van der Waals surface area contributed by atoms with Crippen LogP contribution in [0.25, 0.3) is 0 Å². The van der Waals surface area contributed by atoms with E-state index in [-0.39, 0.29) is 0 Å². The third-order valence-corrected chi connectivity index (χ3v) is 0.675. The van der Waals surface area contributed by atoms with E-state index in [1.54, 1.807) is 0 Å². The number of hydrogen-bond acceptors (Lipinski definition) is 2. The minimum absolute atomic E-state index is 0.941. The van der Waals surface area contributed by atoms with Gasteiger partial charge in [-0.1, -0.05) is 33.6 Å². The molecule has 0 aromatic rings. The van der Waals surface area contributed by atoms with Crippen molar-refractivity contribution < 1.29 is 0 Å². The Balaban J connectivity index is 0. The fraction of sp³-hybridized carbons (Fsp3) is 1.00. The van der Waals surface area contributed by atoms with Gasteiger partial charge in [-0.25, -0.2) is 0 Å². The number of unbranched alkanes of at least 4 members (excludes halogenated alkanes) is 1. The lowest BCUT2D eigenvalue weighted by atomic mass is 10.3. The lowest BCUT2D eigenvalue weighted by molar-refractivity contribution is 0.669. The van der Waals surface area contributed by atoms with Gasteiger partial charge < -0.3 is 0 Å². The van der Waals surface area contributed by atoms with Gasteiger partial charge in [-0.05, 0) is 6.42 Å². The molecule has 0 amide bonds. The van der Waals surface area contributed by atoms with Gasteiger partial charge in [0.2, 0.25) is 0 Å². The van der Waals surface area contributed by atoms with Crippen LogP contribution in [0.5, 0.6) is 0 Å². The molecule has 0 radical (unpaired) electrons. The van der Waals surface area contributed by atoms with E-state index in [0.29, 0.717) is 0 Å². The summed E-state index contributed by atoms with van der Waals surface area (Å²) in [6.45, 7) is 7.33. The molecule has 0 heterocycles. The average molecular weight is 132 g/mol. The molecule has 0 fully saturated rings. The number of hydrazine groups is 1. The summed E-state index contributed by atoms with van der Waals surface area (Å²) < 4.78 is 0. The maximum Gasteiger partial charge on any atom is 0.00973 e. The molecule has 0 aliphatic rings. The standard InChI is InChI=1S/C4H12N2.C3H8/c1-2-3-4-6-5;1-3-2/h6H,2-5H2,1H3;3H2,1-2H3. The van der Waals surface area contributed by atoms with Crippen LogP contribution in [0.2, 0.25) is 0 Å². The molecule has 9 heavy (non-hydrogen) atoms. The number of nitrogens with two attached hydrogens (primary N) is 1. The van der Waals surface area contributed by atoms with Crippen LogP contribution in [0.3, 0.4) is 0 Å². The van der Waals surface area contributed by atoms with Crippen LogP contribution >= 0.6 is 0 Å². The van der Waals surface area contributed by atoms with E-state index in [9.17, 15) is 0 Å². The SMILES string of the molecule is CCC.CCCCNN. The zero-order valence-corrected chi connectivity index (χ0v) is 6.91. The summed E-state index contributed by atoms with van der Waals surface area (Å²) >= 11 is 0. The zero-order chi connectivity index (χ0) is 7.54. The first-order valence-electron chi connectivity index (χ1n) is 3.76. The summed E-state index contributed by atoms with van der Waals surface area (Å²) in [7, 11) is 0. The third-order valence-electron chi connectivity index (χ3n) is 0.675. The van der Waals surface area contributed by atoms with E-state index in [2.05, 4.69) is 26.2 Å². The van der Waals surface area contributed by atoms with E-state index in [1.807, 2.05) is 0 Å². The van der Waals surface area contributed by atoms with Crippen molar-refractivity contribution in [3.8, 4) is 0 Å². The van der Waals surface area contributed by atoms with Crippen molar-refractivity contribution in [1.29, 1.82) is 0 Å². The Morgan fingerprint density at radius 1 is 1.22 bits per heavy atom. The molecule has 0 aromatic heterocycles. The lowest BCUT2D eigenvalue weighted by Crippen LogP contribution is -2.22. The van der Waals surface area contributed by atoms with Crippen LogP contribution in [-0.2, 0) is 0 Å². The molecule has 0 unspecified atom stereocenters. The highest BCUT2D eigenvalue weighted by molar-refractivity contribution is 4.33. The van der Waals surface area contributed by atoms with Crippen LogP contribution in [0, 0.1) is 0 Å². The van der Waals surface area contributed by atoms with Gasteiger partial charge in [0.1, 0.15) is 0 Å². The van der Waals surface area contributed by atoms with Crippen molar-refractivity contribution in [2.75, 3.05) is 6.54 Å². The average Bonchev–Trinajstić information content (AvgIpc) is 1.86. The molecule has 0 atom stereocenters. The Labute approximate surface area is 58.8 Å². The third kappa shape index (κ3) is 32.6. The van der Waals surface area contributed by atoms with Gasteiger partial charge >= 0.3 is 0 Å². The van der Waals surface area contributed by atoms with Crippen LogP contribution in [0.15, 0.2) is 0 Å². The van der Waals surface area contributed by atoms with Gasteiger partial charge in [-0.3, -0.25) is 11.3 Å². The molecule has 0 aliphatic heterocycles. The smallest absolute Gasteiger partial charge is 0.00973 e. The van der Waals surface area contributed by atoms with E-state index in [0.717, 1.165) is 6.54 Å². The Morgan fingerprint density at radius 2 is 1.67 bits per heavy atom. The molecular weight excluding hydrogens is 112 g/mol. The van der Waals surface area contributed by atoms with Crippen LogP contribution in [0.1, 0.15) is 40.0 Å². The molecule has 0 saturated heterocycles. The summed E-state index contributed by atoms with van der Waals surface area (Å²) in [6, 6.07) is 0. The summed E-state index contributed by atoms with van der Waals surface area (Å²) in [6.07, 6.45) is 3.64. The second-order valence-corrected chi connectivity index (χ2v) is 2.01. The van der Waals surface area contributed by atoms with E-state index >= 15 is 0 Å². The van der Waals surface area contributed by atoms with Gasteiger partial charge in [0.05, 0.1) is 0 Å². The second-order valence-electron chi connectivity index (χ2n) is 2.01. The van der Waals surface area contributed by atoms with Gasteiger partial charge in [0, 0.05) is 6.54 Å². The highest BCUT2D eigenvalue weighted by atomic mass is 15.2. The second kappa shape index (κ2) is 15.7. The molecule has 2 heteroatoms. The van der Waals surface area contributed by atoms with Crippen LogP contribution < -0.4 is 11.3 Å². The quantitative estimate of drug-likeness (QED) is 0.348. The number of nitrogens with one attached hydrogen (secondary N) is 1. The van der Waals surface area contributed by atoms with Crippen molar-refractivity contribution in [3.63, 3.8) is 0 Å². The molecule has 2 nitrogen and oxygen atoms in total. The van der Waals surface area contributed by atoms with Crippen molar-refractivity contribution in [2.45, 2.75) is 40.0 Å². The first kappa shape index (κ1) is 11.7. The summed E-state index contributed by atoms with van der Waals surface area (Å²) in [4.78, 5) is 0. The molecule has 58 valence electrons. The maximum absolute atomic E-state index is 4.96. The van der Waals surface area contributed by atoms with E-state index in [4.69, 9.17) is 5.84 Å². The van der Waals surface area contributed by atoms with Crippen LogP contribution in [-0.4, -0.2) is 6.54 Å². The molecule has 3 N–H and O–H groups in total. The van der Waals surface area contributed by atoms with E-state index < -0.39 is 0 Å².